The highest BCUT2D eigenvalue weighted by Gasteiger charge is 2.20. The molecule has 1 fully saturated rings. The standard InChI is InChI=1S/C10H20N2O3/c11-3-6-14-7-4-12-10(13)9-2-1-5-15-8-9/h9H,1-8,11H2,(H,12,13). The van der Waals surface area contributed by atoms with Crippen LogP contribution in [0.3, 0.4) is 0 Å². The molecule has 5 nitrogen and oxygen atoms in total. The first-order valence-electron chi connectivity index (χ1n) is 5.48. The van der Waals surface area contributed by atoms with Gasteiger partial charge < -0.3 is 20.5 Å². The zero-order valence-electron chi connectivity index (χ0n) is 9.04. The molecule has 0 aliphatic carbocycles. The lowest BCUT2D eigenvalue weighted by atomic mass is 10.0. The number of ether oxygens (including phenoxy) is 2. The normalized spacial score (nSPS) is 21.3. The molecule has 1 rings (SSSR count). The maximum atomic E-state index is 11.6. The molecule has 1 aliphatic heterocycles. The topological polar surface area (TPSA) is 73.6 Å². The van der Waals surface area contributed by atoms with E-state index >= 15 is 0 Å². The summed E-state index contributed by atoms with van der Waals surface area (Å²) in [5, 5.41) is 2.83. The van der Waals surface area contributed by atoms with Crippen LogP contribution in [-0.2, 0) is 14.3 Å². The molecule has 1 amide bonds. The fraction of sp³-hybridized carbons (Fsp3) is 0.900. The molecule has 1 saturated heterocycles. The van der Waals surface area contributed by atoms with E-state index in [1.807, 2.05) is 0 Å². The fourth-order valence-electron chi connectivity index (χ4n) is 1.52. The van der Waals surface area contributed by atoms with Crippen molar-refractivity contribution in [2.24, 2.45) is 11.7 Å². The zero-order valence-corrected chi connectivity index (χ0v) is 9.04. The molecule has 1 unspecified atom stereocenters. The van der Waals surface area contributed by atoms with Gasteiger partial charge in [0.15, 0.2) is 0 Å². The molecule has 1 heterocycles. The Kier molecular flexibility index (Phi) is 6.31. The minimum atomic E-state index is 0.0215. The van der Waals surface area contributed by atoms with Crippen LogP contribution in [0.2, 0.25) is 0 Å². The van der Waals surface area contributed by atoms with E-state index in [0.29, 0.717) is 32.9 Å². The molecule has 88 valence electrons. The third kappa shape index (κ3) is 5.11. The van der Waals surface area contributed by atoms with Crippen LogP contribution in [0.4, 0.5) is 0 Å². The molecule has 0 aromatic carbocycles. The van der Waals surface area contributed by atoms with Crippen LogP contribution in [0.25, 0.3) is 0 Å². The summed E-state index contributed by atoms with van der Waals surface area (Å²) in [7, 11) is 0. The molecule has 0 spiro atoms. The van der Waals surface area contributed by atoms with Crippen molar-refractivity contribution in [3.63, 3.8) is 0 Å². The predicted molar refractivity (Wildman–Crippen MR) is 56.4 cm³/mol. The van der Waals surface area contributed by atoms with E-state index in [2.05, 4.69) is 5.32 Å². The Hall–Kier alpha value is -0.650. The van der Waals surface area contributed by atoms with Gasteiger partial charge in [-0.1, -0.05) is 0 Å². The highest BCUT2D eigenvalue weighted by atomic mass is 16.5. The largest absolute Gasteiger partial charge is 0.381 e. The molecule has 5 heteroatoms. The predicted octanol–water partition coefficient (Wildman–Crippen LogP) is -0.495. The Labute approximate surface area is 90.3 Å². The third-order valence-electron chi connectivity index (χ3n) is 2.34. The SMILES string of the molecule is NCCOCCNC(=O)C1CCCOC1. The van der Waals surface area contributed by atoms with E-state index < -0.39 is 0 Å². The minimum absolute atomic E-state index is 0.0215. The molecular formula is C10H20N2O3. The van der Waals surface area contributed by atoms with Gasteiger partial charge in [0.25, 0.3) is 0 Å². The second-order valence-corrected chi connectivity index (χ2v) is 3.61. The highest BCUT2D eigenvalue weighted by molar-refractivity contribution is 5.78. The van der Waals surface area contributed by atoms with Crippen molar-refractivity contribution in [1.29, 1.82) is 0 Å². The molecule has 1 atom stereocenters. The summed E-state index contributed by atoms with van der Waals surface area (Å²) in [5.74, 6) is 0.0966. The van der Waals surface area contributed by atoms with Crippen molar-refractivity contribution < 1.29 is 14.3 Å². The van der Waals surface area contributed by atoms with Crippen molar-refractivity contribution in [3.05, 3.63) is 0 Å². The minimum Gasteiger partial charge on any atom is -0.381 e. The Bertz CT molecular complexity index is 182. The monoisotopic (exact) mass is 216 g/mol. The molecule has 0 radical (unpaired) electrons. The Balaban J connectivity index is 2.02. The van der Waals surface area contributed by atoms with Gasteiger partial charge in [-0.3, -0.25) is 4.79 Å². The van der Waals surface area contributed by atoms with E-state index in [4.69, 9.17) is 15.2 Å². The van der Waals surface area contributed by atoms with Crippen LogP contribution in [0.15, 0.2) is 0 Å². The fourth-order valence-corrected chi connectivity index (χ4v) is 1.52. The summed E-state index contributed by atoms with van der Waals surface area (Å²) >= 11 is 0. The van der Waals surface area contributed by atoms with Crippen LogP contribution >= 0.6 is 0 Å². The van der Waals surface area contributed by atoms with E-state index in [9.17, 15) is 4.79 Å². The van der Waals surface area contributed by atoms with Crippen molar-refractivity contribution >= 4 is 5.91 Å². The first-order valence-corrected chi connectivity index (χ1v) is 5.48. The van der Waals surface area contributed by atoms with Gasteiger partial charge in [-0.15, -0.1) is 0 Å². The maximum Gasteiger partial charge on any atom is 0.225 e. The second kappa shape index (κ2) is 7.62. The van der Waals surface area contributed by atoms with Crippen LogP contribution in [0.1, 0.15) is 12.8 Å². The summed E-state index contributed by atoms with van der Waals surface area (Å²) in [6.45, 7) is 3.47. The Morgan fingerprint density at radius 3 is 3.07 bits per heavy atom. The maximum absolute atomic E-state index is 11.6. The average Bonchev–Trinajstić information content (AvgIpc) is 2.30. The van der Waals surface area contributed by atoms with Gasteiger partial charge in [0.05, 0.1) is 25.7 Å². The number of hydrogen-bond donors (Lipinski definition) is 2. The lowest BCUT2D eigenvalue weighted by Crippen LogP contribution is -2.37. The third-order valence-corrected chi connectivity index (χ3v) is 2.34. The van der Waals surface area contributed by atoms with Gasteiger partial charge >= 0.3 is 0 Å². The van der Waals surface area contributed by atoms with Crippen LogP contribution < -0.4 is 11.1 Å². The van der Waals surface area contributed by atoms with E-state index in [1.165, 1.54) is 0 Å². The van der Waals surface area contributed by atoms with Crippen LogP contribution in [-0.4, -0.2) is 45.4 Å². The first kappa shape index (κ1) is 12.4. The van der Waals surface area contributed by atoms with Gasteiger partial charge in [-0.05, 0) is 12.8 Å². The highest BCUT2D eigenvalue weighted by Crippen LogP contribution is 2.12. The smallest absolute Gasteiger partial charge is 0.225 e. The van der Waals surface area contributed by atoms with Crippen LogP contribution in [0, 0.1) is 5.92 Å². The van der Waals surface area contributed by atoms with Gasteiger partial charge in [-0.25, -0.2) is 0 Å². The summed E-state index contributed by atoms with van der Waals surface area (Å²) in [5.41, 5.74) is 5.26. The summed E-state index contributed by atoms with van der Waals surface area (Å²) in [6.07, 6.45) is 1.90. The number of carbonyl (C=O) groups excluding carboxylic acids is 1. The van der Waals surface area contributed by atoms with Crippen molar-refractivity contribution in [3.8, 4) is 0 Å². The molecule has 0 aromatic heterocycles. The molecule has 1 aliphatic rings. The quantitative estimate of drug-likeness (QED) is 0.587. The number of nitrogens with one attached hydrogen (secondary N) is 1. The van der Waals surface area contributed by atoms with Crippen LogP contribution in [0.5, 0.6) is 0 Å². The number of amides is 1. The summed E-state index contributed by atoms with van der Waals surface area (Å²) in [4.78, 5) is 11.6. The number of hydrogen-bond acceptors (Lipinski definition) is 4. The van der Waals surface area contributed by atoms with Gasteiger partial charge in [0.1, 0.15) is 0 Å². The molecule has 0 aromatic rings. The van der Waals surface area contributed by atoms with Crippen molar-refractivity contribution in [1.82, 2.24) is 5.32 Å². The van der Waals surface area contributed by atoms with E-state index in [1.54, 1.807) is 0 Å². The average molecular weight is 216 g/mol. The van der Waals surface area contributed by atoms with E-state index in [-0.39, 0.29) is 11.8 Å². The van der Waals surface area contributed by atoms with Crippen molar-refractivity contribution in [2.45, 2.75) is 12.8 Å². The van der Waals surface area contributed by atoms with E-state index in [0.717, 1.165) is 19.4 Å². The number of rotatable bonds is 6. The lowest BCUT2D eigenvalue weighted by Gasteiger charge is -2.21. The first-order chi connectivity index (χ1) is 7.34. The number of carbonyl (C=O) groups is 1. The molecule has 3 N–H and O–H groups in total. The van der Waals surface area contributed by atoms with Gasteiger partial charge in [0, 0.05) is 19.7 Å². The van der Waals surface area contributed by atoms with Gasteiger partial charge in [0.2, 0.25) is 5.91 Å². The van der Waals surface area contributed by atoms with Crippen molar-refractivity contribution in [2.75, 3.05) is 39.5 Å². The second-order valence-electron chi connectivity index (χ2n) is 3.61. The molecule has 15 heavy (non-hydrogen) atoms. The molecule has 0 saturated carbocycles. The zero-order chi connectivity index (χ0) is 10.9. The van der Waals surface area contributed by atoms with Gasteiger partial charge in [-0.2, -0.15) is 0 Å². The summed E-state index contributed by atoms with van der Waals surface area (Å²) < 4.78 is 10.4. The summed E-state index contributed by atoms with van der Waals surface area (Å²) in [6, 6.07) is 0. The molecule has 0 bridgehead atoms. The number of nitrogens with two attached hydrogens (primary N) is 1. The lowest BCUT2D eigenvalue weighted by molar-refractivity contribution is -0.129. The molecular weight excluding hydrogens is 196 g/mol. The Morgan fingerprint density at radius 1 is 1.53 bits per heavy atom. The Morgan fingerprint density at radius 2 is 2.40 bits per heavy atom.